The van der Waals surface area contributed by atoms with Crippen LogP contribution in [0, 0.1) is 17.1 Å². The van der Waals surface area contributed by atoms with E-state index >= 15 is 4.39 Å². The second-order valence-electron chi connectivity index (χ2n) is 9.00. The van der Waals surface area contributed by atoms with Crippen molar-refractivity contribution in [2.45, 2.75) is 25.3 Å². The molecule has 0 aliphatic carbocycles. The predicted molar refractivity (Wildman–Crippen MR) is 134 cm³/mol. The summed E-state index contributed by atoms with van der Waals surface area (Å²) in [5, 5.41) is 28.9. The van der Waals surface area contributed by atoms with Crippen LogP contribution in [-0.4, -0.2) is 64.5 Å². The molecule has 1 amide bonds. The fourth-order valence-corrected chi connectivity index (χ4v) is 7.46. The third-order valence-corrected chi connectivity index (χ3v) is 9.26. The maximum atomic E-state index is 15.3. The van der Waals surface area contributed by atoms with E-state index in [-0.39, 0.29) is 17.3 Å². The number of pyridine rings is 1. The number of hydrogen-bond donors (Lipinski definition) is 4. The molecule has 1 fully saturated rings. The predicted octanol–water partition coefficient (Wildman–Crippen LogP) is 1.72. The number of hydrogen-bond acceptors (Lipinski definition) is 7. The van der Waals surface area contributed by atoms with E-state index in [1.807, 2.05) is 6.07 Å². The third-order valence-electron chi connectivity index (χ3n) is 6.33. The number of thiol groups is 1. The highest BCUT2D eigenvalue weighted by molar-refractivity contribution is 7.99. The normalized spacial score (nSPS) is 21.6. The van der Waals surface area contributed by atoms with E-state index in [0.717, 1.165) is 6.42 Å². The number of benzene rings is 1. The zero-order valence-electron chi connectivity index (χ0n) is 19.8. The second-order valence-corrected chi connectivity index (χ2v) is 11.5. The maximum absolute atomic E-state index is 15.3. The molecule has 12 nitrogen and oxygen atoms in total. The van der Waals surface area contributed by atoms with Crippen molar-refractivity contribution >= 4 is 22.4 Å². The largest absolute Gasteiger partial charge is 0.465 e. The Morgan fingerprint density at radius 2 is 2.16 bits per heavy atom. The minimum atomic E-state index is -3.31. The Morgan fingerprint density at radius 3 is 2.89 bits per heavy atom. The number of fused-ring (bicyclic) bond motifs is 1. The number of guanidine groups is 1. The van der Waals surface area contributed by atoms with Crippen LogP contribution in [0.5, 0.6) is 0 Å². The summed E-state index contributed by atoms with van der Waals surface area (Å²) in [7, 11) is -3.31. The molecule has 0 bridgehead atoms. The van der Waals surface area contributed by atoms with Gasteiger partial charge in [-0.1, -0.05) is 5.21 Å². The quantitative estimate of drug-likeness (QED) is 0.379. The van der Waals surface area contributed by atoms with E-state index in [1.165, 1.54) is 21.3 Å². The SMILES string of the molecule is C[C@@]1(c2cc(-c3cn(-c4ccc(C#N)cn4)nn3)ccc2F)C[SH]2(=O)NCCCCN2C(NC(=O)O)=N1. The Morgan fingerprint density at radius 1 is 1.32 bits per heavy atom. The van der Waals surface area contributed by atoms with Gasteiger partial charge in [0, 0.05) is 40.7 Å². The van der Waals surface area contributed by atoms with Crippen molar-refractivity contribution in [2.75, 3.05) is 18.8 Å². The number of carboxylic acid groups (broad SMARTS) is 1. The molecule has 2 aliphatic rings. The van der Waals surface area contributed by atoms with Gasteiger partial charge in [0.1, 0.15) is 23.1 Å². The van der Waals surface area contributed by atoms with Crippen LogP contribution < -0.4 is 10.0 Å². The van der Waals surface area contributed by atoms with Crippen molar-refractivity contribution in [3.05, 3.63) is 59.7 Å². The Balaban J connectivity index is 1.54. The van der Waals surface area contributed by atoms with Crippen LogP contribution >= 0.6 is 0 Å². The summed E-state index contributed by atoms with van der Waals surface area (Å²) in [5.41, 5.74) is 0.203. The Hall–Kier alpha value is -4.22. The lowest BCUT2D eigenvalue weighted by Gasteiger charge is -2.46. The van der Waals surface area contributed by atoms with Gasteiger partial charge < -0.3 is 5.11 Å². The Bertz CT molecular complexity index is 1480. The van der Waals surface area contributed by atoms with Gasteiger partial charge in [-0.25, -0.2) is 28.6 Å². The van der Waals surface area contributed by atoms with Crippen LogP contribution in [0.2, 0.25) is 0 Å². The molecule has 4 heterocycles. The van der Waals surface area contributed by atoms with Crippen LogP contribution in [0.15, 0.2) is 47.7 Å². The van der Waals surface area contributed by atoms with Gasteiger partial charge in [0.05, 0.1) is 17.5 Å². The molecule has 2 aromatic heterocycles. The number of carbonyl (C=O) groups is 1. The molecule has 2 aliphatic heterocycles. The number of aromatic nitrogens is 4. The van der Waals surface area contributed by atoms with Crippen LogP contribution in [0.25, 0.3) is 17.1 Å². The van der Waals surface area contributed by atoms with Crippen molar-refractivity contribution in [3.63, 3.8) is 0 Å². The zero-order chi connectivity index (χ0) is 26.2. The summed E-state index contributed by atoms with van der Waals surface area (Å²) in [6, 6.07) is 9.63. The average molecular weight is 526 g/mol. The van der Waals surface area contributed by atoms with Crippen LogP contribution in [-0.2, 0) is 15.8 Å². The summed E-state index contributed by atoms with van der Waals surface area (Å²) in [6.07, 6.45) is 3.17. The molecule has 0 radical (unpaired) electrons. The van der Waals surface area contributed by atoms with Crippen molar-refractivity contribution < 1.29 is 18.5 Å². The summed E-state index contributed by atoms with van der Waals surface area (Å²) >= 11 is 0. The zero-order valence-corrected chi connectivity index (χ0v) is 20.7. The van der Waals surface area contributed by atoms with Gasteiger partial charge in [-0.15, -0.1) is 5.10 Å². The lowest BCUT2D eigenvalue weighted by atomic mass is 9.92. The van der Waals surface area contributed by atoms with Crippen molar-refractivity contribution in [3.8, 4) is 23.1 Å². The molecular formula is C23H24FN9O3S. The summed E-state index contributed by atoms with van der Waals surface area (Å²) in [6.45, 7) is 2.51. The number of nitrogens with zero attached hydrogens (tertiary/aromatic N) is 7. The Labute approximate surface area is 212 Å². The topological polar surface area (TPSA) is 161 Å². The van der Waals surface area contributed by atoms with Gasteiger partial charge in [-0.3, -0.25) is 13.8 Å². The highest BCUT2D eigenvalue weighted by atomic mass is 32.3. The third kappa shape index (κ3) is 4.66. The molecule has 1 aromatic carbocycles. The molecule has 1 atom stereocenters. The van der Waals surface area contributed by atoms with Crippen molar-refractivity contribution in [2.24, 2.45) is 4.99 Å². The average Bonchev–Trinajstić information content (AvgIpc) is 3.27. The number of nitriles is 1. The van der Waals surface area contributed by atoms with Crippen molar-refractivity contribution in [1.82, 2.24) is 34.3 Å². The number of aliphatic imine (C=N–C) groups is 1. The van der Waals surface area contributed by atoms with E-state index in [2.05, 4.69) is 30.3 Å². The van der Waals surface area contributed by atoms with Gasteiger partial charge >= 0.3 is 6.09 Å². The first-order valence-electron chi connectivity index (χ1n) is 11.5. The summed E-state index contributed by atoms with van der Waals surface area (Å²) < 4.78 is 35.3. The van der Waals surface area contributed by atoms with Gasteiger partial charge in [-0.2, -0.15) is 5.26 Å². The lowest BCUT2D eigenvalue weighted by Crippen LogP contribution is -2.61. The Kier molecular flexibility index (Phi) is 6.18. The van der Waals surface area contributed by atoms with Gasteiger partial charge in [0.2, 0.25) is 5.96 Å². The molecule has 5 rings (SSSR count). The first-order valence-corrected chi connectivity index (χ1v) is 13.4. The highest BCUT2D eigenvalue weighted by Crippen LogP contribution is 2.38. The smallest absolute Gasteiger partial charge is 0.411 e. The fraction of sp³-hybridized carbons (Fsp3) is 0.304. The fourth-order valence-electron chi connectivity index (χ4n) is 4.56. The molecule has 0 unspecified atom stereocenters. The molecule has 14 heteroatoms. The molecule has 1 saturated heterocycles. The molecular weight excluding hydrogens is 501 g/mol. The number of halogens is 1. The first-order chi connectivity index (χ1) is 17.7. The molecule has 3 N–H and O–H groups in total. The van der Waals surface area contributed by atoms with Crippen LogP contribution in [0.3, 0.4) is 0 Å². The molecule has 37 heavy (non-hydrogen) atoms. The highest BCUT2D eigenvalue weighted by Gasteiger charge is 2.44. The lowest BCUT2D eigenvalue weighted by molar-refractivity contribution is 0.199. The minimum Gasteiger partial charge on any atom is -0.465 e. The maximum Gasteiger partial charge on any atom is 0.411 e. The van der Waals surface area contributed by atoms with Gasteiger partial charge in [0.15, 0.2) is 5.82 Å². The minimum absolute atomic E-state index is 0.0208. The van der Waals surface area contributed by atoms with E-state index < -0.39 is 27.8 Å². The molecule has 0 saturated carbocycles. The molecule has 192 valence electrons. The first kappa shape index (κ1) is 24.5. The van der Waals surface area contributed by atoms with Gasteiger partial charge in [-0.05, 0) is 50.1 Å². The monoisotopic (exact) mass is 525 g/mol. The van der Waals surface area contributed by atoms with Crippen molar-refractivity contribution in [1.29, 1.82) is 5.26 Å². The molecule has 0 spiro atoms. The van der Waals surface area contributed by atoms with E-state index in [4.69, 9.17) is 5.26 Å². The van der Waals surface area contributed by atoms with E-state index in [9.17, 15) is 14.1 Å². The summed E-state index contributed by atoms with van der Waals surface area (Å²) in [4.78, 5) is 20.3. The number of nitrogens with one attached hydrogen (secondary N) is 2. The van der Waals surface area contributed by atoms with Crippen LogP contribution in [0.1, 0.15) is 30.9 Å². The van der Waals surface area contributed by atoms with Gasteiger partial charge in [0.25, 0.3) is 0 Å². The van der Waals surface area contributed by atoms with E-state index in [0.29, 0.717) is 42.1 Å². The standard InChI is InChI=1S/C23H24FN9O3S/c1-23(14-37(36)27-8-2-3-9-33(37)21(29-23)28-22(34)35)17-10-16(5-6-18(17)24)19-13-32(31-30-19)20-7-4-15(11-25)12-26-20/h4-7,10,12-13,37H,2-3,8-9,14H2,1H3,(H,27,36)(H,28,29)(H,34,35)/t23-/m0/s1. The van der Waals surface area contributed by atoms with E-state index in [1.54, 1.807) is 37.4 Å². The van der Waals surface area contributed by atoms with Crippen LogP contribution in [0.4, 0.5) is 9.18 Å². The second kappa shape index (κ2) is 9.34. The molecule has 3 aromatic rings. The number of amides is 1. The summed E-state index contributed by atoms with van der Waals surface area (Å²) in [5.74, 6) is -0.208. The number of rotatable bonds is 3.